The minimum absolute atomic E-state index is 0.0496. The number of carbonyl (C=O) groups excluding carboxylic acids is 3. The summed E-state index contributed by atoms with van der Waals surface area (Å²) < 4.78 is 18.7. The van der Waals surface area contributed by atoms with Gasteiger partial charge >= 0.3 is 24.0 Å². The maximum absolute atomic E-state index is 12.6. The van der Waals surface area contributed by atoms with E-state index in [9.17, 15) is 19.2 Å². The molecule has 3 saturated carbocycles. The van der Waals surface area contributed by atoms with Gasteiger partial charge in [-0.15, -0.1) is 0 Å². The summed E-state index contributed by atoms with van der Waals surface area (Å²) in [6, 6.07) is 23.9. The van der Waals surface area contributed by atoms with Crippen LogP contribution < -0.4 is 5.32 Å². The molecule has 310 valence electrons. The second-order valence-corrected chi connectivity index (χ2v) is 21.0. The molecular formula is C46H59I2NO8. The van der Waals surface area contributed by atoms with Crippen LogP contribution in [0.2, 0.25) is 0 Å². The molecule has 3 aliphatic carbocycles. The minimum atomic E-state index is -0.686. The van der Waals surface area contributed by atoms with Crippen molar-refractivity contribution in [3.8, 4) is 0 Å². The molecule has 0 spiro atoms. The van der Waals surface area contributed by atoms with Crippen molar-refractivity contribution in [3.05, 3.63) is 102 Å². The average molecular weight is 1010 g/mol. The van der Waals surface area contributed by atoms with Gasteiger partial charge in [0.25, 0.3) is 0 Å². The van der Waals surface area contributed by atoms with Crippen LogP contribution >= 0.6 is 45.2 Å². The Morgan fingerprint density at radius 2 is 0.895 bits per heavy atom. The highest BCUT2D eigenvalue weighted by atomic mass is 127. The van der Waals surface area contributed by atoms with Gasteiger partial charge in [0, 0.05) is 13.2 Å². The van der Waals surface area contributed by atoms with Crippen molar-refractivity contribution in [2.24, 2.45) is 0 Å². The third-order valence-electron chi connectivity index (χ3n) is 9.84. The molecule has 1 amide bonds. The lowest BCUT2D eigenvalue weighted by Crippen LogP contribution is -2.38. The number of carboxylic acids is 1. The second kappa shape index (κ2) is 18.0. The standard InChI is InChI=1S/C22H33NO4.C14H17IO2.C10H9IO2/c1-15(23-19(25)27-21(5,6)7)14-16-8-10-17(11-9-16)22(12-13-22)18(24)26-20(2,3)4;1-13(2,3)17-12(16)14(8-9-14)10-4-6-11(15)7-5-10;11-8-3-1-7(2-4-8)10(5-6-10)9(12)13/h8-11,15H,12-14H2,1-7H3,(H,23,25);4-7H,8-9H2,1-3H3;1-4H,5-6H2,(H,12,13)/t15-;;/m1../s1. The number of carboxylic acid groups (broad SMARTS) is 1. The molecule has 0 aliphatic heterocycles. The van der Waals surface area contributed by atoms with E-state index in [1.807, 2.05) is 142 Å². The zero-order chi connectivity index (χ0) is 42.6. The molecule has 9 nitrogen and oxygen atoms in total. The molecule has 6 rings (SSSR count). The number of nitrogens with one attached hydrogen (secondary N) is 1. The molecular weight excluding hydrogens is 948 g/mol. The first-order valence-electron chi connectivity index (χ1n) is 19.6. The minimum Gasteiger partial charge on any atom is -0.481 e. The number of alkyl carbamates (subject to hydrolysis) is 1. The summed E-state index contributed by atoms with van der Waals surface area (Å²) in [6.07, 6.45) is 5.32. The van der Waals surface area contributed by atoms with Crippen molar-refractivity contribution >= 4 is 69.2 Å². The number of carbonyl (C=O) groups is 4. The predicted octanol–water partition coefficient (Wildman–Crippen LogP) is 10.6. The fraction of sp³-hybridized carbons (Fsp3) is 0.522. The van der Waals surface area contributed by atoms with E-state index < -0.39 is 39.7 Å². The van der Waals surface area contributed by atoms with Gasteiger partial charge in [-0.3, -0.25) is 14.4 Å². The van der Waals surface area contributed by atoms with Crippen molar-refractivity contribution in [3.63, 3.8) is 0 Å². The van der Waals surface area contributed by atoms with Crippen molar-refractivity contribution in [1.29, 1.82) is 0 Å². The Morgan fingerprint density at radius 1 is 0.579 bits per heavy atom. The van der Waals surface area contributed by atoms with Gasteiger partial charge in [-0.1, -0.05) is 48.5 Å². The largest absolute Gasteiger partial charge is 0.481 e. The molecule has 0 heterocycles. The maximum atomic E-state index is 12.6. The van der Waals surface area contributed by atoms with Crippen LogP contribution in [0.3, 0.4) is 0 Å². The fourth-order valence-corrected chi connectivity index (χ4v) is 7.10. The first-order chi connectivity index (χ1) is 26.3. The lowest BCUT2D eigenvalue weighted by atomic mass is 9.93. The lowest BCUT2D eigenvalue weighted by Gasteiger charge is -2.24. The number of amides is 1. The molecule has 57 heavy (non-hydrogen) atoms. The first-order valence-corrected chi connectivity index (χ1v) is 21.8. The Balaban J connectivity index is 0.000000204. The third kappa shape index (κ3) is 13.4. The van der Waals surface area contributed by atoms with Gasteiger partial charge < -0.3 is 24.6 Å². The number of ether oxygens (including phenoxy) is 3. The van der Waals surface area contributed by atoms with Crippen molar-refractivity contribution in [1.82, 2.24) is 5.32 Å². The number of aliphatic carboxylic acids is 1. The molecule has 3 aromatic rings. The third-order valence-corrected chi connectivity index (χ3v) is 11.3. The Labute approximate surface area is 366 Å². The number of hydrogen-bond donors (Lipinski definition) is 2. The SMILES string of the molecule is CC(C)(C)OC(=O)C1(c2ccc(I)cc2)CC1.C[C@H](Cc1ccc(C2(C(=O)OC(C)(C)C)CC2)cc1)NC(=O)OC(C)(C)C.O=C(O)C1(c2ccc(I)cc2)CC1. The Bertz CT molecular complexity index is 1870. The maximum Gasteiger partial charge on any atom is 0.407 e. The van der Waals surface area contributed by atoms with Gasteiger partial charge in [0.2, 0.25) is 0 Å². The van der Waals surface area contributed by atoms with E-state index in [-0.39, 0.29) is 23.4 Å². The lowest BCUT2D eigenvalue weighted by molar-refractivity contribution is -0.159. The topological polar surface area (TPSA) is 128 Å². The molecule has 3 aliphatic rings. The van der Waals surface area contributed by atoms with E-state index in [2.05, 4.69) is 50.5 Å². The number of hydrogen-bond acceptors (Lipinski definition) is 7. The van der Waals surface area contributed by atoms with Gasteiger partial charge in [-0.25, -0.2) is 4.79 Å². The van der Waals surface area contributed by atoms with E-state index >= 15 is 0 Å². The number of halogens is 2. The zero-order valence-corrected chi connectivity index (χ0v) is 39.3. The normalized spacial score (nSPS) is 17.5. The van der Waals surface area contributed by atoms with E-state index in [1.165, 1.54) is 3.57 Å². The summed E-state index contributed by atoms with van der Waals surface area (Å²) >= 11 is 4.48. The highest BCUT2D eigenvalue weighted by Gasteiger charge is 2.55. The van der Waals surface area contributed by atoms with Crippen LogP contribution in [0.5, 0.6) is 0 Å². The van der Waals surface area contributed by atoms with Crippen LogP contribution in [0.1, 0.15) is 130 Å². The molecule has 0 bridgehead atoms. The number of benzene rings is 3. The molecule has 2 N–H and O–H groups in total. The van der Waals surface area contributed by atoms with Gasteiger partial charge in [0.15, 0.2) is 0 Å². The molecule has 0 aromatic heterocycles. The van der Waals surface area contributed by atoms with Crippen LogP contribution in [0.4, 0.5) is 4.79 Å². The van der Waals surface area contributed by atoms with E-state index in [4.69, 9.17) is 19.3 Å². The van der Waals surface area contributed by atoms with Crippen LogP contribution in [-0.4, -0.2) is 52.0 Å². The fourth-order valence-electron chi connectivity index (χ4n) is 6.38. The van der Waals surface area contributed by atoms with E-state index in [0.29, 0.717) is 6.42 Å². The molecule has 0 saturated heterocycles. The highest BCUT2D eigenvalue weighted by Crippen LogP contribution is 2.51. The summed E-state index contributed by atoms with van der Waals surface area (Å²) in [7, 11) is 0. The molecule has 3 aromatic carbocycles. The number of rotatable bonds is 9. The number of esters is 2. The van der Waals surface area contributed by atoms with Gasteiger partial charge in [0.05, 0.1) is 16.2 Å². The average Bonchev–Trinajstić information content (AvgIpc) is 3.94. The second-order valence-electron chi connectivity index (χ2n) is 18.5. The molecule has 1 atom stereocenters. The monoisotopic (exact) mass is 1010 g/mol. The van der Waals surface area contributed by atoms with Gasteiger partial charge in [-0.05, 0) is 206 Å². The van der Waals surface area contributed by atoms with Crippen molar-refractivity contribution in [2.45, 2.75) is 153 Å². The summed E-state index contributed by atoms with van der Waals surface area (Å²) in [6.45, 7) is 18.9. The van der Waals surface area contributed by atoms with Crippen LogP contribution in [0.15, 0.2) is 72.8 Å². The highest BCUT2D eigenvalue weighted by molar-refractivity contribution is 14.1. The smallest absolute Gasteiger partial charge is 0.407 e. The summed E-state index contributed by atoms with van der Waals surface area (Å²) in [5, 5.41) is 11.9. The van der Waals surface area contributed by atoms with Crippen molar-refractivity contribution in [2.75, 3.05) is 0 Å². The Hall–Kier alpha value is -3.20. The quantitative estimate of drug-likeness (QED) is 0.123. The molecule has 3 fully saturated rings. The summed E-state index contributed by atoms with van der Waals surface area (Å²) in [5.41, 5.74) is 1.36. The molecule has 0 unspecified atom stereocenters. The van der Waals surface area contributed by atoms with E-state index in [0.717, 1.165) is 64.3 Å². The van der Waals surface area contributed by atoms with Gasteiger partial charge in [0.1, 0.15) is 16.8 Å². The first kappa shape index (κ1) is 46.5. The van der Waals surface area contributed by atoms with Crippen LogP contribution in [-0.2, 0) is 51.3 Å². The summed E-state index contributed by atoms with van der Waals surface area (Å²) in [5.74, 6) is -0.900. The van der Waals surface area contributed by atoms with Crippen LogP contribution in [0, 0.1) is 7.14 Å². The van der Waals surface area contributed by atoms with Crippen molar-refractivity contribution < 1.29 is 38.5 Å². The zero-order valence-electron chi connectivity index (χ0n) is 35.0. The summed E-state index contributed by atoms with van der Waals surface area (Å²) in [4.78, 5) is 47.6. The van der Waals surface area contributed by atoms with Gasteiger partial charge in [-0.2, -0.15) is 0 Å². The van der Waals surface area contributed by atoms with E-state index in [1.54, 1.807) is 0 Å². The molecule has 0 radical (unpaired) electrons. The molecule has 11 heteroatoms. The Morgan fingerprint density at radius 3 is 1.19 bits per heavy atom. The predicted molar refractivity (Wildman–Crippen MR) is 239 cm³/mol. The Kier molecular flexibility index (Phi) is 14.7. The van der Waals surface area contributed by atoms with Crippen LogP contribution in [0.25, 0.3) is 0 Å².